The number of benzene rings is 2. The van der Waals surface area contributed by atoms with Crippen molar-refractivity contribution >= 4 is 11.6 Å². The Morgan fingerprint density at radius 1 is 1.08 bits per heavy atom. The lowest BCUT2D eigenvalue weighted by atomic mass is 10.1. The molecular formula is C19H22F2N2O. The highest BCUT2D eigenvalue weighted by Gasteiger charge is 2.18. The summed E-state index contributed by atoms with van der Waals surface area (Å²) in [7, 11) is 0. The summed E-state index contributed by atoms with van der Waals surface area (Å²) >= 11 is 0. The minimum atomic E-state index is -0.627. The third-order valence-electron chi connectivity index (χ3n) is 3.95. The molecule has 0 fully saturated rings. The van der Waals surface area contributed by atoms with E-state index in [2.05, 4.69) is 17.6 Å². The summed E-state index contributed by atoms with van der Waals surface area (Å²) in [6.07, 6.45) is 0.937. The van der Waals surface area contributed by atoms with Crippen LogP contribution >= 0.6 is 0 Å². The minimum Gasteiger partial charge on any atom is -0.325 e. The van der Waals surface area contributed by atoms with Gasteiger partial charge in [0.15, 0.2) is 0 Å². The fraction of sp³-hybridized carbons (Fsp3) is 0.316. The van der Waals surface area contributed by atoms with Gasteiger partial charge in [0.05, 0.1) is 6.04 Å². The van der Waals surface area contributed by atoms with E-state index in [0.29, 0.717) is 11.3 Å². The van der Waals surface area contributed by atoms with Gasteiger partial charge in [0, 0.05) is 23.4 Å². The molecule has 0 aliphatic rings. The first-order valence-corrected chi connectivity index (χ1v) is 8.01. The van der Waals surface area contributed by atoms with Crippen molar-refractivity contribution in [1.29, 1.82) is 0 Å². The van der Waals surface area contributed by atoms with Crippen LogP contribution in [0.5, 0.6) is 0 Å². The number of aryl methyl sites for hydroxylation is 1. The Labute approximate surface area is 141 Å². The molecule has 0 saturated heterocycles. The minimum absolute atomic E-state index is 0.214. The Hall–Kier alpha value is -2.27. The fourth-order valence-electron chi connectivity index (χ4n) is 2.47. The number of carbonyl (C=O) groups excluding carboxylic acids is 1. The average molecular weight is 332 g/mol. The third kappa shape index (κ3) is 4.61. The van der Waals surface area contributed by atoms with Crippen LogP contribution in [0.2, 0.25) is 0 Å². The Morgan fingerprint density at radius 3 is 2.33 bits per heavy atom. The van der Waals surface area contributed by atoms with Gasteiger partial charge in [0.25, 0.3) is 0 Å². The molecule has 0 spiro atoms. The smallest absolute Gasteiger partial charge is 0.241 e. The summed E-state index contributed by atoms with van der Waals surface area (Å²) in [6, 6.07) is 10.1. The van der Waals surface area contributed by atoms with E-state index in [1.54, 1.807) is 13.8 Å². The molecule has 0 bridgehead atoms. The van der Waals surface area contributed by atoms with Gasteiger partial charge in [0.1, 0.15) is 11.6 Å². The molecule has 0 saturated carbocycles. The van der Waals surface area contributed by atoms with Crippen LogP contribution in [0.15, 0.2) is 42.5 Å². The van der Waals surface area contributed by atoms with Gasteiger partial charge in [-0.3, -0.25) is 10.1 Å². The molecule has 2 N–H and O–H groups in total. The highest BCUT2D eigenvalue weighted by molar-refractivity contribution is 5.94. The highest BCUT2D eigenvalue weighted by atomic mass is 19.1. The van der Waals surface area contributed by atoms with E-state index in [4.69, 9.17) is 0 Å². The van der Waals surface area contributed by atoms with Gasteiger partial charge in [-0.1, -0.05) is 25.1 Å². The monoisotopic (exact) mass is 332 g/mol. The maximum Gasteiger partial charge on any atom is 0.241 e. The van der Waals surface area contributed by atoms with Gasteiger partial charge in [0.2, 0.25) is 5.91 Å². The summed E-state index contributed by atoms with van der Waals surface area (Å²) < 4.78 is 26.8. The normalized spacial score (nSPS) is 13.4. The average Bonchev–Trinajstić information content (AvgIpc) is 2.55. The molecule has 128 valence electrons. The Kier molecular flexibility index (Phi) is 6.04. The van der Waals surface area contributed by atoms with Gasteiger partial charge >= 0.3 is 0 Å². The van der Waals surface area contributed by atoms with Gasteiger partial charge in [-0.2, -0.15) is 0 Å². The van der Waals surface area contributed by atoms with Crippen molar-refractivity contribution in [3.8, 4) is 0 Å². The standard InChI is InChI=1S/C19H22F2N2O/c1-4-14-5-8-16(9-6-14)23-19(24)13(3)22-12(2)17-10-7-15(20)11-18(17)21/h5-13,22H,4H2,1-3H3,(H,23,24)/t12-,13-/m0/s1. The molecule has 2 atom stereocenters. The lowest BCUT2D eigenvalue weighted by Gasteiger charge is -2.20. The van der Waals surface area contributed by atoms with E-state index in [0.717, 1.165) is 12.5 Å². The van der Waals surface area contributed by atoms with Gasteiger partial charge in [-0.05, 0) is 44.0 Å². The highest BCUT2D eigenvalue weighted by Crippen LogP contribution is 2.18. The number of anilines is 1. The molecule has 5 heteroatoms. The van der Waals surface area contributed by atoms with Gasteiger partial charge in [-0.15, -0.1) is 0 Å². The van der Waals surface area contributed by atoms with Crippen LogP contribution in [0, 0.1) is 11.6 Å². The molecule has 2 aromatic carbocycles. The van der Waals surface area contributed by atoms with Gasteiger partial charge in [-0.25, -0.2) is 8.78 Å². The van der Waals surface area contributed by atoms with Gasteiger partial charge < -0.3 is 5.32 Å². The number of hydrogen-bond acceptors (Lipinski definition) is 2. The second kappa shape index (κ2) is 8.02. The van der Waals surface area contributed by atoms with Crippen LogP contribution in [-0.2, 0) is 11.2 Å². The molecule has 24 heavy (non-hydrogen) atoms. The molecule has 3 nitrogen and oxygen atoms in total. The quantitative estimate of drug-likeness (QED) is 0.832. The van der Waals surface area contributed by atoms with Crippen LogP contribution in [0.3, 0.4) is 0 Å². The van der Waals surface area contributed by atoms with E-state index in [9.17, 15) is 13.6 Å². The molecule has 0 radical (unpaired) electrons. The van der Waals surface area contributed by atoms with Crippen molar-refractivity contribution in [2.24, 2.45) is 0 Å². The van der Waals surface area contributed by atoms with Crippen molar-refractivity contribution in [3.05, 3.63) is 65.2 Å². The lowest BCUT2D eigenvalue weighted by Crippen LogP contribution is -2.39. The van der Waals surface area contributed by atoms with Crippen molar-refractivity contribution in [2.45, 2.75) is 39.3 Å². The Balaban J connectivity index is 1.97. The summed E-state index contributed by atoms with van der Waals surface area (Å²) in [4.78, 5) is 12.2. The number of carbonyl (C=O) groups is 1. The molecule has 2 rings (SSSR count). The first-order valence-electron chi connectivity index (χ1n) is 8.01. The number of amides is 1. The lowest BCUT2D eigenvalue weighted by molar-refractivity contribution is -0.117. The Bertz CT molecular complexity index is 701. The molecule has 0 aromatic heterocycles. The van der Waals surface area contributed by atoms with Crippen LogP contribution in [0.4, 0.5) is 14.5 Å². The molecule has 0 heterocycles. The largest absolute Gasteiger partial charge is 0.325 e. The molecule has 0 aliphatic carbocycles. The molecular weight excluding hydrogens is 310 g/mol. The SMILES string of the molecule is CCc1ccc(NC(=O)[C@H](C)N[C@@H](C)c2ccc(F)cc2F)cc1. The van der Waals surface area contributed by atoms with Crippen molar-refractivity contribution in [2.75, 3.05) is 5.32 Å². The van der Waals surface area contributed by atoms with E-state index >= 15 is 0 Å². The summed E-state index contributed by atoms with van der Waals surface area (Å²) in [6.45, 7) is 5.50. The van der Waals surface area contributed by atoms with Crippen molar-refractivity contribution in [1.82, 2.24) is 5.32 Å². The second-order valence-electron chi connectivity index (χ2n) is 5.82. The zero-order chi connectivity index (χ0) is 17.7. The fourth-order valence-corrected chi connectivity index (χ4v) is 2.47. The summed E-state index contributed by atoms with van der Waals surface area (Å²) in [5.74, 6) is -1.46. The summed E-state index contributed by atoms with van der Waals surface area (Å²) in [5, 5.41) is 5.84. The maximum absolute atomic E-state index is 13.8. The van der Waals surface area contributed by atoms with E-state index < -0.39 is 23.7 Å². The van der Waals surface area contributed by atoms with Crippen LogP contribution in [-0.4, -0.2) is 11.9 Å². The molecule has 1 amide bonds. The van der Waals surface area contributed by atoms with E-state index in [1.165, 1.54) is 17.7 Å². The van der Waals surface area contributed by atoms with Crippen LogP contribution in [0.25, 0.3) is 0 Å². The van der Waals surface area contributed by atoms with Crippen LogP contribution in [0.1, 0.15) is 37.9 Å². The predicted octanol–water partition coefficient (Wildman–Crippen LogP) is 4.21. The molecule has 0 aliphatic heterocycles. The maximum atomic E-state index is 13.8. The first kappa shape index (κ1) is 18.1. The van der Waals surface area contributed by atoms with Crippen molar-refractivity contribution in [3.63, 3.8) is 0 Å². The summed E-state index contributed by atoms with van der Waals surface area (Å²) in [5.41, 5.74) is 2.23. The Morgan fingerprint density at radius 2 is 1.75 bits per heavy atom. The van der Waals surface area contributed by atoms with Crippen LogP contribution < -0.4 is 10.6 Å². The number of rotatable bonds is 6. The second-order valence-corrected chi connectivity index (χ2v) is 5.82. The van der Waals surface area contributed by atoms with E-state index in [1.807, 2.05) is 24.3 Å². The zero-order valence-electron chi connectivity index (χ0n) is 14.1. The first-order chi connectivity index (χ1) is 11.4. The zero-order valence-corrected chi connectivity index (χ0v) is 14.1. The number of hydrogen-bond donors (Lipinski definition) is 2. The molecule has 0 unspecified atom stereocenters. The van der Waals surface area contributed by atoms with Crippen molar-refractivity contribution < 1.29 is 13.6 Å². The molecule has 2 aromatic rings. The topological polar surface area (TPSA) is 41.1 Å². The number of halogens is 2. The van der Waals surface area contributed by atoms with E-state index in [-0.39, 0.29) is 5.91 Å². The third-order valence-corrected chi connectivity index (χ3v) is 3.95. The number of nitrogens with one attached hydrogen (secondary N) is 2. The predicted molar refractivity (Wildman–Crippen MR) is 91.8 cm³/mol.